The lowest BCUT2D eigenvalue weighted by molar-refractivity contribution is -0.0742. The van der Waals surface area contributed by atoms with Gasteiger partial charge in [0.1, 0.15) is 0 Å². The van der Waals surface area contributed by atoms with Gasteiger partial charge in [0.25, 0.3) is 0 Å². The van der Waals surface area contributed by atoms with Gasteiger partial charge in [0.15, 0.2) is 6.49 Å². The Balaban J connectivity index is 1.71. The van der Waals surface area contributed by atoms with Gasteiger partial charge in [0.05, 0.1) is 6.61 Å². The van der Waals surface area contributed by atoms with E-state index in [1.807, 2.05) is 0 Å². The molecule has 4 heteroatoms. The molecular weight excluding hydrogens is 239 g/mol. The Morgan fingerprint density at radius 1 is 1.19 bits per heavy atom. The minimum absolute atomic E-state index is 0.386. The van der Waals surface area contributed by atoms with Crippen LogP contribution in [-0.4, -0.2) is 18.2 Å². The highest BCUT2D eigenvalue weighted by molar-refractivity contribution is 8.09. The zero-order valence-electron chi connectivity index (χ0n) is 9.89. The molecule has 4 saturated carbocycles. The van der Waals surface area contributed by atoms with Gasteiger partial charge in [-0.05, 0) is 73.5 Å². The standard InChI is InChI=1S/C12H21O2PS/c1-15(13,16)14-8-12-5-9-2-10(6-12)4-11(3-9)7-12/h9-11H,2-8H2,1H3,(H,13,16). The van der Waals surface area contributed by atoms with Crippen LogP contribution in [0.1, 0.15) is 38.5 Å². The fourth-order valence-electron chi connectivity index (χ4n) is 4.72. The van der Waals surface area contributed by atoms with E-state index in [4.69, 9.17) is 16.3 Å². The second-order valence-corrected chi connectivity index (χ2v) is 10.4. The van der Waals surface area contributed by atoms with Gasteiger partial charge >= 0.3 is 0 Å². The monoisotopic (exact) mass is 260 g/mol. The Labute approximate surface area is 103 Å². The lowest BCUT2D eigenvalue weighted by Crippen LogP contribution is -2.48. The van der Waals surface area contributed by atoms with Crippen LogP contribution < -0.4 is 0 Å². The Morgan fingerprint density at radius 3 is 2.00 bits per heavy atom. The fourth-order valence-corrected chi connectivity index (χ4v) is 5.39. The average molecular weight is 260 g/mol. The maximum atomic E-state index is 9.62. The summed E-state index contributed by atoms with van der Waals surface area (Å²) in [6.45, 7) is -0.0628. The molecule has 0 saturated heterocycles. The molecule has 0 spiro atoms. The van der Waals surface area contributed by atoms with Gasteiger partial charge in [-0.1, -0.05) is 0 Å². The van der Waals surface area contributed by atoms with Crippen LogP contribution in [0.3, 0.4) is 0 Å². The number of hydrogen-bond donors (Lipinski definition) is 1. The third-order valence-corrected chi connectivity index (χ3v) is 5.70. The first-order chi connectivity index (χ1) is 7.44. The summed E-state index contributed by atoms with van der Waals surface area (Å²) in [5.74, 6) is 2.84. The molecule has 4 aliphatic carbocycles. The summed E-state index contributed by atoms with van der Waals surface area (Å²) in [5, 5.41) is 0. The predicted molar refractivity (Wildman–Crippen MR) is 69.0 cm³/mol. The van der Waals surface area contributed by atoms with Crippen LogP contribution in [0.25, 0.3) is 0 Å². The third-order valence-electron chi connectivity index (χ3n) is 4.78. The normalized spacial score (nSPS) is 49.2. The number of hydrogen-bond acceptors (Lipinski definition) is 2. The van der Waals surface area contributed by atoms with Gasteiger partial charge in [-0.25, -0.2) is 0 Å². The maximum absolute atomic E-state index is 9.62. The van der Waals surface area contributed by atoms with E-state index >= 15 is 0 Å². The van der Waals surface area contributed by atoms with E-state index in [-0.39, 0.29) is 0 Å². The second-order valence-electron chi connectivity index (χ2n) is 6.49. The molecule has 4 rings (SSSR count). The van der Waals surface area contributed by atoms with Crippen LogP contribution in [0.15, 0.2) is 0 Å². The summed E-state index contributed by atoms with van der Waals surface area (Å²) < 4.78 is 5.60. The van der Waals surface area contributed by atoms with Gasteiger partial charge in [-0.2, -0.15) is 0 Å². The summed E-state index contributed by atoms with van der Waals surface area (Å²) in [6.07, 6.45) is 8.35. The van der Waals surface area contributed by atoms with Crippen LogP contribution in [0.2, 0.25) is 0 Å². The molecule has 4 fully saturated rings. The third kappa shape index (κ3) is 2.25. The largest absolute Gasteiger partial charge is 0.345 e. The van der Waals surface area contributed by atoms with Crippen molar-refractivity contribution in [2.75, 3.05) is 13.3 Å². The van der Waals surface area contributed by atoms with Gasteiger partial charge in [0, 0.05) is 6.66 Å². The second kappa shape index (κ2) is 3.78. The molecule has 0 amide bonds. The molecule has 0 heterocycles. The highest BCUT2D eigenvalue weighted by Gasteiger charge is 2.51. The highest BCUT2D eigenvalue weighted by Crippen LogP contribution is 2.60. The van der Waals surface area contributed by atoms with Crippen LogP contribution >= 0.6 is 6.49 Å². The minimum atomic E-state index is -2.46. The molecule has 0 aromatic rings. The van der Waals surface area contributed by atoms with E-state index in [0.29, 0.717) is 5.41 Å². The highest BCUT2D eigenvalue weighted by atomic mass is 32.5. The van der Waals surface area contributed by atoms with Gasteiger partial charge in [0.2, 0.25) is 0 Å². The smallest absolute Gasteiger partial charge is 0.183 e. The Hall–Kier alpha value is 0.570. The molecule has 4 aliphatic rings. The summed E-state index contributed by atoms with van der Waals surface area (Å²) in [7, 11) is 0. The van der Waals surface area contributed by atoms with Crippen molar-refractivity contribution in [2.24, 2.45) is 23.2 Å². The summed E-state index contributed by atoms with van der Waals surface area (Å²) in [4.78, 5) is 9.62. The topological polar surface area (TPSA) is 29.5 Å². The van der Waals surface area contributed by atoms with E-state index in [9.17, 15) is 4.89 Å². The first-order valence-electron chi connectivity index (χ1n) is 6.39. The summed E-state index contributed by atoms with van der Waals surface area (Å²) in [6, 6.07) is 0. The van der Waals surface area contributed by atoms with E-state index < -0.39 is 6.49 Å². The predicted octanol–water partition coefficient (Wildman–Crippen LogP) is 3.15. The van der Waals surface area contributed by atoms with Crippen molar-refractivity contribution in [3.63, 3.8) is 0 Å². The van der Waals surface area contributed by atoms with Gasteiger partial charge < -0.3 is 9.42 Å². The molecule has 2 nitrogen and oxygen atoms in total. The fraction of sp³-hybridized carbons (Fsp3) is 1.00. The lowest BCUT2D eigenvalue weighted by atomic mass is 9.50. The van der Waals surface area contributed by atoms with E-state index in [1.54, 1.807) is 6.66 Å². The van der Waals surface area contributed by atoms with Crippen molar-refractivity contribution in [3.05, 3.63) is 0 Å². The molecule has 92 valence electrons. The molecule has 0 radical (unpaired) electrons. The minimum Gasteiger partial charge on any atom is -0.345 e. The lowest BCUT2D eigenvalue weighted by Gasteiger charge is -2.56. The maximum Gasteiger partial charge on any atom is 0.183 e. The van der Waals surface area contributed by atoms with Crippen molar-refractivity contribution in [1.29, 1.82) is 0 Å². The van der Waals surface area contributed by atoms with Crippen molar-refractivity contribution >= 4 is 18.3 Å². The van der Waals surface area contributed by atoms with E-state index in [0.717, 1.165) is 24.4 Å². The molecular formula is C12H21O2PS. The van der Waals surface area contributed by atoms with Crippen LogP contribution in [-0.2, 0) is 16.3 Å². The molecule has 16 heavy (non-hydrogen) atoms. The average Bonchev–Trinajstić information content (AvgIpc) is 2.11. The first-order valence-corrected chi connectivity index (χ1v) is 9.51. The summed E-state index contributed by atoms with van der Waals surface area (Å²) in [5.41, 5.74) is 0.386. The molecule has 1 atom stereocenters. The van der Waals surface area contributed by atoms with Crippen molar-refractivity contribution < 1.29 is 9.42 Å². The van der Waals surface area contributed by atoms with Crippen molar-refractivity contribution in [3.8, 4) is 0 Å². The summed E-state index contributed by atoms with van der Waals surface area (Å²) >= 11 is 4.98. The molecule has 4 bridgehead atoms. The van der Waals surface area contributed by atoms with Gasteiger partial charge in [-0.3, -0.25) is 0 Å². The van der Waals surface area contributed by atoms with Crippen molar-refractivity contribution in [1.82, 2.24) is 0 Å². The van der Waals surface area contributed by atoms with Crippen LogP contribution in [0.5, 0.6) is 0 Å². The Bertz CT molecular complexity index is 301. The quantitative estimate of drug-likeness (QED) is 0.790. The molecule has 1 unspecified atom stereocenters. The van der Waals surface area contributed by atoms with E-state index in [1.165, 1.54) is 38.5 Å². The zero-order valence-corrected chi connectivity index (χ0v) is 11.6. The molecule has 1 N–H and O–H groups in total. The molecule has 0 aliphatic heterocycles. The Kier molecular flexibility index (Phi) is 2.75. The molecule has 0 aromatic carbocycles. The van der Waals surface area contributed by atoms with Crippen molar-refractivity contribution in [2.45, 2.75) is 38.5 Å². The van der Waals surface area contributed by atoms with E-state index in [2.05, 4.69) is 0 Å². The van der Waals surface area contributed by atoms with Crippen LogP contribution in [0.4, 0.5) is 0 Å². The van der Waals surface area contributed by atoms with Gasteiger partial charge in [-0.15, -0.1) is 0 Å². The SMILES string of the molecule is CP(O)(=S)OCC12CC3CC(CC(C3)C1)C2. The van der Waals surface area contributed by atoms with Crippen LogP contribution in [0, 0.1) is 23.2 Å². The number of rotatable bonds is 3. The Morgan fingerprint density at radius 2 is 1.62 bits per heavy atom. The molecule has 0 aromatic heterocycles. The zero-order chi connectivity index (χ0) is 11.4. The first kappa shape index (κ1) is 11.6.